The number of rotatable bonds is 4. The molecule has 2 saturated heterocycles. The second-order valence-corrected chi connectivity index (χ2v) is 6.28. The Morgan fingerprint density at radius 3 is 2.85 bits per heavy atom. The van der Waals surface area contributed by atoms with Crippen LogP contribution < -0.4 is 0 Å². The van der Waals surface area contributed by atoms with Crippen LogP contribution in [0.2, 0.25) is 0 Å². The maximum absolute atomic E-state index is 12.5. The highest BCUT2D eigenvalue weighted by atomic mass is 16.5. The van der Waals surface area contributed by atoms with Crippen LogP contribution >= 0.6 is 0 Å². The van der Waals surface area contributed by atoms with Crippen LogP contribution in [-0.4, -0.2) is 61.0 Å². The highest BCUT2D eigenvalue weighted by Gasteiger charge is 2.38. The highest BCUT2D eigenvalue weighted by molar-refractivity contribution is 5.89. The molecule has 0 N–H and O–H groups in total. The molecule has 0 aliphatic carbocycles. The summed E-state index contributed by atoms with van der Waals surface area (Å²) in [6.45, 7) is 6.92. The molecule has 0 aromatic heterocycles. The molecule has 3 atom stereocenters. The van der Waals surface area contributed by atoms with Gasteiger partial charge >= 0.3 is 0 Å². The predicted octanol–water partition coefficient (Wildman–Crippen LogP) is 1.13. The molecule has 0 aromatic rings. The fourth-order valence-electron chi connectivity index (χ4n) is 3.30. The molecule has 0 bridgehead atoms. The summed E-state index contributed by atoms with van der Waals surface area (Å²) in [7, 11) is 1.63. The van der Waals surface area contributed by atoms with E-state index < -0.39 is 0 Å². The Balaban J connectivity index is 1.93. The minimum Gasteiger partial charge on any atom is -0.383 e. The Morgan fingerprint density at radius 2 is 2.20 bits per heavy atom. The topological polar surface area (TPSA) is 49.9 Å². The molecule has 2 heterocycles. The standard InChI is InChI=1S/C15H26N2O3/c1-11-5-4-6-16(8-11)15(19)13-7-14(18)17(9-13)12(2)10-20-3/h11-13H,4-10H2,1-3H3. The first-order valence-electron chi connectivity index (χ1n) is 7.60. The smallest absolute Gasteiger partial charge is 0.228 e. The van der Waals surface area contributed by atoms with E-state index in [1.54, 1.807) is 12.0 Å². The van der Waals surface area contributed by atoms with Gasteiger partial charge in [0.1, 0.15) is 0 Å². The van der Waals surface area contributed by atoms with E-state index in [2.05, 4.69) is 6.92 Å². The van der Waals surface area contributed by atoms with Crippen LogP contribution in [-0.2, 0) is 14.3 Å². The number of nitrogens with zero attached hydrogens (tertiary/aromatic N) is 2. The van der Waals surface area contributed by atoms with E-state index in [-0.39, 0.29) is 23.8 Å². The van der Waals surface area contributed by atoms with Crippen LogP contribution in [0.1, 0.15) is 33.1 Å². The second kappa shape index (κ2) is 6.57. The number of carbonyl (C=O) groups excluding carboxylic acids is 2. The monoisotopic (exact) mass is 282 g/mol. The molecule has 0 spiro atoms. The molecule has 2 aliphatic rings. The van der Waals surface area contributed by atoms with Crippen LogP contribution in [0.3, 0.4) is 0 Å². The van der Waals surface area contributed by atoms with Gasteiger partial charge in [-0.05, 0) is 25.7 Å². The lowest BCUT2D eigenvalue weighted by atomic mass is 9.98. The molecular formula is C15H26N2O3. The second-order valence-electron chi connectivity index (χ2n) is 6.28. The van der Waals surface area contributed by atoms with E-state index in [1.165, 1.54) is 6.42 Å². The Labute approximate surface area is 121 Å². The highest BCUT2D eigenvalue weighted by Crippen LogP contribution is 2.25. The third-order valence-corrected chi connectivity index (χ3v) is 4.42. The summed E-state index contributed by atoms with van der Waals surface area (Å²) in [5.74, 6) is 0.662. The average Bonchev–Trinajstić information content (AvgIpc) is 2.80. The molecule has 114 valence electrons. The fourth-order valence-corrected chi connectivity index (χ4v) is 3.30. The zero-order valence-corrected chi connectivity index (χ0v) is 12.8. The molecule has 3 unspecified atom stereocenters. The van der Waals surface area contributed by atoms with Gasteiger partial charge in [0, 0.05) is 33.2 Å². The van der Waals surface area contributed by atoms with Crippen molar-refractivity contribution in [1.82, 2.24) is 9.80 Å². The zero-order chi connectivity index (χ0) is 14.7. The molecule has 0 radical (unpaired) electrons. The van der Waals surface area contributed by atoms with Gasteiger partial charge in [0.05, 0.1) is 18.6 Å². The van der Waals surface area contributed by atoms with Gasteiger partial charge in [-0.2, -0.15) is 0 Å². The van der Waals surface area contributed by atoms with Gasteiger partial charge in [0.2, 0.25) is 11.8 Å². The lowest BCUT2D eigenvalue weighted by molar-refractivity contribution is -0.137. The van der Waals surface area contributed by atoms with Crippen molar-refractivity contribution in [3.63, 3.8) is 0 Å². The fraction of sp³-hybridized carbons (Fsp3) is 0.867. The number of likely N-dealkylation sites (tertiary alicyclic amines) is 2. The number of carbonyl (C=O) groups is 2. The van der Waals surface area contributed by atoms with Crippen molar-refractivity contribution >= 4 is 11.8 Å². The Morgan fingerprint density at radius 1 is 1.45 bits per heavy atom. The summed E-state index contributed by atoms with van der Waals surface area (Å²) in [4.78, 5) is 28.3. The summed E-state index contributed by atoms with van der Waals surface area (Å²) in [6.07, 6.45) is 2.64. The van der Waals surface area contributed by atoms with E-state index in [4.69, 9.17) is 4.74 Å². The van der Waals surface area contributed by atoms with E-state index in [9.17, 15) is 9.59 Å². The van der Waals surface area contributed by atoms with Gasteiger partial charge in [-0.1, -0.05) is 6.92 Å². The Bertz CT molecular complexity index is 372. The summed E-state index contributed by atoms with van der Waals surface area (Å²) < 4.78 is 5.10. The Kier molecular flexibility index (Phi) is 5.02. The lowest BCUT2D eigenvalue weighted by Gasteiger charge is -2.33. The molecule has 0 saturated carbocycles. The molecule has 2 aliphatic heterocycles. The Hall–Kier alpha value is -1.10. The van der Waals surface area contributed by atoms with Crippen molar-refractivity contribution in [1.29, 1.82) is 0 Å². The molecule has 2 fully saturated rings. The van der Waals surface area contributed by atoms with Crippen LogP contribution in [0.5, 0.6) is 0 Å². The van der Waals surface area contributed by atoms with Crippen molar-refractivity contribution in [2.75, 3.05) is 33.4 Å². The molecule has 2 rings (SSSR count). The van der Waals surface area contributed by atoms with Crippen LogP contribution in [0.15, 0.2) is 0 Å². The van der Waals surface area contributed by atoms with Crippen molar-refractivity contribution in [2.24, 2.45) is 11.8 Å². The maximum atomic E-state index is 12.5. The minimum atomic E-state index is -0.160. The van der Waals surface area contributed by atoms with Crippen molar-refractivity contribution in [3.05, 3.63) is 0 Å². The number of hydrogen-bond acceptors (Lipinski definition) is 3. The molecule has 2 amide bonds. The van der Waals surface area contributed by atoms with Crippen LogP contribution in [0.4, 0.5) is 0 Å². The predicted molar refractivity (Wildman–Crippen MR) is 76.1 cm³/mol. The molecule has 5 nitrogen and oxygen atoms in total. The number of ether oxygens (including phenoxy) is 1. The number of piperidine rings is 1. The van der Waals surface area contributed by atoms with Gasteiger partial charge < -0.3 is 14.5 Å². The first kappa shape index (κ1) is 15.3. The van der Waals surface area contributed by atoms with Gasteiger partial charge in [0.15, 0.2) is 0 Å². The number of amides is 2. The summed E-state index contributed by atoms with van der Waals surface area (Å²) in [5, 5.41) is 0. The maximum Gasteiger partial charge on any atom is 0.228 e. The van der Waals surface area contributed by atoms with E-state index in [0.29, 0.717) is 25.5 Å². The molecular weight excluding hydrogens is 256 g/mol. The summed E-state index contributed by atoms with van der Waals surface area (Å²) >= 11 is 0. The lowest BCUT2D eigenvalue weighted by Crippen LogP contribution is -2.43. The zero-order valence-electron chi connectivity index (χ0n) is 12.8. The molecule has 20 heavy (non-hydrogen) atoms. The quantitative estimate of drug-likeness (QED) is 0.776. The van der Waals surface area contributed by atoms with Gasteiger partial charge in [-0.3, -0.25) is 9.59 Å². The van der Waals surface area contributed by atoms with Crippen LogP contribution in [0, 0.1) is 11.8 Å². The van der Waals surface area contributed by atoms with Crippen molar-refractivity contribution in [3.8, 4) is 0 Å². The van der Waals surface area contributed by atoms with E-state index in [0.717, 1.165) is 19.5 Å². The van der Waals surface area contributed by atoms with Crippen molar-refractivity contribution in [2.45, 2.75) is 39.2 Å². The largest absolute Gasteiger partial charge is 0.383 e. The van der Waals surface area contributed by atoms with E-state index >= 15 is 0 Å². The summed E-state index contributed by atoms with van der Waals surface area (Å²) in [5.41, 5.74) is 0. The molecule has 0 aromatic carbocycles. The SMILES string of the molecule is COCC(C)N1CC(C(=O)N2CCCC(C)C2)CC1=O. The average molecular weight is 282 g/mol. The number of hydrogen-bond donors (Lipinski definition) is 0. The molecule has 5 heteroatoms. The van der Waals surface area contributed by atoms with Gasteiger partial charge in [-0.15, -0.1) is 0 Å². The van der Waals surface area contributed by atoms with Gasteiger partial charge in [0.25, 0.3) is 0 Å². The number of methoxy groups -OCH3 is 1. The normalized spacial score (nSPS) is 28.9. The first-order chi connectivity index (χ1) is 9.52. The third kappa shape index (κ3) is 3.32. The van der Waals surface area contributed by atoms with Crippen LogP contribution in [0.25, 0.3) is 0 Å². The third-order valence-electron chi connectivity index (χ3n) is 4.42. The summed E-state index contributed by atoms with van der Waals surface area (Å²) in [6, 6.07) is 0.0468. The first-order valence-corrected chi connectivity index (χ1v) is 7.60. The van der Waals surface area contributed by atoms with Gasteiger partial charge in [-0.25, -0.2) is 0 Å². The van der Waals surface area contributed by atoms with E-state index in [1.807, 2.05) is 11.8 Å². The minimum absolute atomic E-state index is 0.0468. The van der Waals surface area contributed by atoms with Crippen molar-refractivity contribution < 1.29 is 14.3 Å².